The summed E-state index contributed by atoms with van der Waals surface area (Å²) in [5.74, 6) is 0.523. The Kier molecular flexibility index (Phi) is 5.85. The van der Waals surface area contributed by atoms with Gasteiger partial charge in [0.15, 0.2) is 0 Å². The van der Waals surface area contributed by atoms with Crippen LogP contribution in [0.25, 0.3) is 0 Å². The van der Waals surface area contributed by atoms with Gasteiger partial charge in [-0.05, 0) is 24.7 Å². The topological polar surface area (TPSA) is 88.8 Å². The van der Waals surface area contributed by atoms with Crippen molar-refractivity contribution in [3.05, 3.63) is 45.9 Å². The van der Waals surface area contributed by atoms with E-state index in [1.807, 2.05) is 0 Å². The number of methoxy groups -OCH3 is 1. The van der Waals surface area contributed by atoms with Crippen molar-refractivity contribution >= 4 is 23.2 Å². The third-order valence-electron chi connectivity index (χ3n) is 4.30. The average molecular weight is 374 g/mol. The van der Waals surface area contributed by atoms with Crippen LogP contribution in [0.1, 0.15) is 25.9 Å². The van der Waals surface area contributed by atoms with Gasteiger partial charge in [-0.15, -0.1) is 11.3 Å². The Morgan fingerprint density at radius 1 is 1.19 bits per heavy atom. The molecular weight excluding hydrogens is 352 g/mol. The van der Waals surface area contributed by atoms with Crippen molar-refractivity contribution in [1.29, 1.82) is 0 Å². The molecule has 0 radical (unpaired) electrons. The summed E-state index contributed by atoms with van der Waals surface area (Å²) in [5, 5.41) is 2.66. The van der Waals surface area contributed by atoms with Crippen molar-refractivity contribution in [1.82, 2.24) is 14.8 Å². The number of aromatic nitrogens is 1. The zero-order chi connectivity index (χ0) is 18.5. The molecule has 3 rings (SSSR count). The van der Waals surface area contributed by atoms with E-state index in [0.29, 0.717) is 56.2 Å². The van der Waals surface area contributed by atoms with E-state index in [1.165, 1.54) is 11.3 Å². The Hall–Kier alpha value is -2.45. The molecule has 0 spiro atoms. The fraction of sp³-hybridized carbons (Fsp3) is 0.389. The number of hydrogen-bond acceptors (Lipinski definition) is 6. The molecule has 1 fully saturated rings. The van der Waals surface area contributed by atoms with Gasteiger partial charge in [0.05, 0.1) is 12.1 Å². The number of rotatable bonds is 5. The molecule has 2 amide bonds. The van der Waals surface area contributed by atoms with Crippen molar-refractivity contribution < 1.29 is 14.3 Å². The standard InChI is InChI=1S/C18H22N4O3S/c1-25-14-4-2-3-13(11-14)17(23)21-7-9-22(10-8-21)18(24)15-12-26-16(20-15)5-6-19/h2-4,11-12H,5-10,19H2,1H3. The maximum Gasteiger partial charge on any atom is 0.273 e. The second-order valence-electron chi connectivity index (χ2n) is 5.98. The van der Waals surface area contributed by atoms with Crippen LogP contribution < -0.4 is 10.5 Å². The minimum absolute atomic E-state index is 0.0464. The fourth-order valence-corrected chi connectivity index (χ4v) is 3.65. The zero-order valence-electron chi connectivity index (χ0n) is 14.7. The average Bonchev–Trinajstić information content (AvgIpc) is 3.16. The van der Waals surface area contributed by atoms with Gasteiger partial charge in [-0.1, -0.05) is 6.07 Å². The molecule has 1 aromatic heterocycles. The van der Waals surface area contributed by atoms with E-state index >= 15 is 0 Å². The SMILES string of the molecule is COc1cccc(C(=O)N2CCN(C(=O)c3csc(CCN)n3)CC2)c1. The van der Waals surface area contributed by atoms with E-state index in [2.05, 4.69) is 4.98 Å². The third-order valence-corrected chi connectivity index (χ3v) is 5.21. The maximum atomic E-state index is 12.6. The minimum Gasteiger partial charge on any atom is -0.497 e. The van der Waals surface area contributed by atoms with E-state index < -0.39 is 0 Å². The first kappa shape index (κ1) is 18.3. The van der Waals surface area contributed by atoms with Crippen LogP contribution in [0.15, 0.2) is 29.6 Å². The van der Waals surface area contributed by atoms with Crippen molar-refractivity contribution in [3.63, 3.8) is 0 Å². The summed E-state index contributed by atoms with van der Waals surface area (Å²) in [7, 11) is 1.57. The predicted octanol–water partition coefficient (Wildman–Crippen LogP) is 1.25. The first-order valence-corrected chi connectivity index (χ1v) is 9.37. The molecule has 0 atom stereocenters. The monoisotopic (exact) mass is 374 g/mol. The van der Waals surface area contributed by atoms with Crippen molar-refractivity contribution in [2.24, 2.45) is 5.73 Å². The highest BCUT2D eigenvalue weighted by Gasteiger charge is 2.26. The van der Waals surface area contributed by atoms with Gasteiger partial charge >= 0.3 is 0 Å². The smallest absolute Gasteiger partial charge is 0.273 e. The van der Waals surface area contributed by atoms with E-state index in [1.54, 1.807) is 46.6 Å². The molecular formula is C18H22N4O3S. The van der Waals surface area contributed by atoms with Crippen LogP contribution in [0.4, 0.5) is 0 Å². The lowest BCUT2D eigenvalue weighted by Gasteiger charge is -2.34. The van der Waals surface area contributed by atoms with Gasteiger partial charge < -0.3 is 20.3 Å². The van der Waals surface area contributed by atoms with Gasteiger partial charge in [0.25, 0.3) is 11.8 Å². The van der Waals surface area contributed by atoms with Crippen LogP contribution in [-0.2, 0) is 6.42 Å². The number of ether oxygens (including phenoxy) is 1. The van der Waals surface area contributed by atoms with Gasteiger partial charge in [0.1, 0.15) is 11.4 Å². The lowest BCUT2D eigenvalue weighted by atomic mass is 10.1. The summed E-state index contributed by atoms with van der Waals surface area (Å²) < 4.78 is 5.17. The molecule has 138 valence electrons. The summed E-state index contributed by atoms with van der Waals surface area (Å²) in [6, 6.07) is 7.11. The normalized spacial score (nSPS) is 14.4. The van der Waals surface area contributed by atoms with Gasteiger partial charge in [0.2, 0.25) is 0 Å². The minimum atomic E-state index is -0.0852. The molecule has 2 aromatic rings. The highest BCUT2D eigenvalue weighted by molar-refractivity contribution is 7.09. The van der Waals surface area contributed by atoms with Crippen LogP contribution in [0.3, 0.4) is 0 Å². The van der Waals surface area contributed by atoms with Crippen molar-refractivity contribution in [2.75, 3.05) is 39.8 Å². The highest BCUT2D eigenvalue weighted by Crippen LogP contribution is 2.17. The molecule has 1 aromatic carbocycles. The number of hydrogen-bond donors (Lipinski definition) is 1. The number of carbonyl (C=O) groups excluding carboxylic acids is 2. The van der Waals surface area contributed by atoms with Crippen molar-refractivity contribution in [2.45, 2.75) is 6.42 Å². The molecule has 2 heterocycles. The summed E-state index contributed by atoms with van der Waals surface area (Å²) in [6.07, 6.45) is 0.681. The van der Waals surface area contributed by atoms with Gasteiger partial charge in [0, 0.05) is 43.5 Å². The molecule has 0 bridgehead atoms. The molecule has 8 heteroatoms. The zero-order valence-corrected chi connectivity index (χ0v) is 15.5. The van der Waals surface area contributed by atoms with E-state index in [-0.39, 0.29) is 11.8 Å². The van der Waals surface area contributed by atoms with E-state index in [0.717, 1.165) is 5.01 Å². The number of amides is 2. The molecule has 26 heavy (non-hydrogen) atoms. The van der Waals surface area contributed by atoms with Crippen LogP contribution in [0, 0.1) is 0 Å². The second-order valence-corrected chi connectivity index (χ2v) is 6.92. The van der Waals surface area contributed by atoms with Crippen molar-refractivity contribution in [3.8, 4) is 5.75 Å². The van der Waals surface area contributed by atoms with Gasteiger partial charge in [-0.25, -0.2) is 4.98 Å². The third kappa shape index (κ3) is 4.03. The fourth-order valence-electron chi connectivity index (χ4n) is 2.86. The molecule has 0 unspecified atom stereocenters. The Morgan fingerprint density at radius 3 is 2.54 bits per heavy atom. The lowest BCUT2D eigenvalue weighted by molar-refractivity contribution is 0.0532. The summed E-state index contributed by atoms with van der Waals surface area (Å²) >= 11 is 1.46. The lowest BCUT2D eigenvalue weighted by Crippen LogP contribution is -2.50. The first-order valence-electron chi connectivity index (χ1n) is 8.49. The second kappa shape index (κ2) is 8.29. The Labute approximate surface area is 156 Å². The first-order chi connectivity index (χ1) is 12.6. The molecule has 7 nitrogen and oxygen atoms in total. The van der Waals surface area contributed by atoms with E-state index in [9.17, 15) is 9.59 Å². The highest BCUT2D eigenvalue weighted by atomic mass is 32.1. The molecule has 0 saturated carbocycles. The number of piperazine rings is 1. The predicted molar refractivity (Wildman–Crippen MR) is 99.7 cm³/mol. The van der Waals surface area contributed by atoms with Crippen LogP contribution >= 0.6 is 11.3 Å². The Balaban J connectivity index is 1.59. The van der Waals surface area contributed by atoms with Crippen LogP contribution in [0.2, 0.25) is 0 Å². The molecule has 0 aliphatic carbocycles. The number of thiazole rings is 1. The summed E-state index contributed by atoms with van der Waals surface area (Å²) in [6.45, 7) is 2.52. The number of nitrogens with zero attached hydrogens (tertiary/aromatic N) is 3. The van der Waals surface area contributed by atoms with E-state index in [4.69, 9.17) is 10.5 Å². The number of benzene rings is 1. The van der Waals surface area contributed by atoms with Gasteiger partial charge in [-0.2, -0.15) is 0 Å². The molecule has 1 aliphatic rings. The molecule has 2 N–H and O–H groups in total. The molecule has 1 saturated heterocycles. The number of nitrogens with two attached hydrogens (primary N) is 1. The van der Waals surface area contributed by atoms with Crippen LogP contribution in [-0.4, -0.2) is 66.4 Å². The summed E-state index contributed by atoms with van der Waals surface area (Å²) in [5.41, 5.74) is 6.58. The van der Waals surface area contributed by atoms with Gasteiger partial charge in [-0.3, -0.25) is 9.59 Å². The largest absolute Gasteiger partial charge is 0.497 e. The Bertz CT molecular complexity index is 784. The summed E-state index contributed by atoms with van der Waals surface area (Å²) in [4.78, 5) is 33.1. The molecule has 1 aliphatic heterocycles. The number of carbonyl (C=O) groups is 2. The van der Waals surface area contributed by atoms with Crippen LogP contribution in [0.5, 0.6) is 5.75 Å². The quantitative estimate of drug-likeness (QED) is 0.851. The maximum absolute atomic E-state index is 12.6. The Morgan fingerprint density at radius 2 is 1.88 bits per heavy atom.